The fourth-order valence-corrected chi connectivity index (χ4v) is 2.78. The topological polar surface area (TPSA) is 20.2 Å². The smallest absolute Gasteiger partial charge is 0.0682 e. The van der Waals surface area contributed by atoms with Gasteiger partial charge in [0.15, 0.2) is 0 Å². The van der Waals surface area contributed by atoms with Crippen molar-refractivity contribution < 1.29 is 5.11 Å². The molecule has 0 spiro atoms. The summed E-state index contributed by atoms with van der Waals surface area (Å²) < 4.78 is 0. The second-order valence-corrected chi connectivity index (χ2v) is 4.89. The van der Waals surface area contributed by atoms with Crippen molar-refractivity contribution >= 4 is 11.8 Å². The Hall–Kier alpha value is -0.470. The fourth-order valence-electron chi connectivity index (χ4n) is 1.47. The maximum Gasteiger partial charge on any atom is 0.0682 e. The molecule has 1 aromatic rings. The summed E-state index contributed by atoms with van der Waals surface area (Å²) in [5, 5.41) is 9.02. The van der Waals surface area contributed by atoms with Crippen molar-refractivity contribution in [1.82, 2.24) is 0 Å². The maximum absolute atomic E-state index is 9.02. The molecule has 0 heterocycles. The van der Waals surface area contributed by atoms with Gasteiger partial charge >= 0.3 is 0 Å². The highest BCUT2D eigenvalue weighted by Gasteiger charge is 2.04. The van der Waals surface area contributed by atoms with Crippen LogP contribution in [0.4, 0.5) is 0 Å². The van der Waals surface area contributed by atoms with E-state index in [4.69, 9.17) is 5.11 Å². The Labute approximate surface area is 96.9 Å². The van der Waals surface area contributed by atoms with Crippen LogP contribution in [0.5, 0.6) is 0 Å². The van der Waals surface area contributed by atoms with Crippen molar-refractivity contribution in [2.45, 2.75) is 38.2 Å². The third kappa shape index (κ3) is 4.27. The minimum Gasteiger partial charge on any atom is -0.392 e. The Kier molecular flexibility index (Phi) is 5.81. The molecule has 0 saturated heterocycles. The first-order chi connectivity index (χ1) is 7.30. The number of benzene rings is 1. The molecule has 84 valence electrons. The van der Waals surface area contributed by atoms with Crippen LogP contribution in [-0.4, -0.2) is 10.9 Å². The van der Waals surface area contributed by atoms with Gasteiger partial charge in [-0.1, -0.05) is 38.8 Å². The van der Waals surface area contributed by atoms with Gasteiger partial charge in [-0.15, -0.1) is 11.8 Å². The molecule has 0 atom stereocenters. The molecule has 15 heavy (non-hydrogen) atoms. The Morgan fingerprint density at radius 1 is 1.27 bits per heavy atom. The fraction of sp³-hybridized carbons (Fsp3) is 0.538. The number of aliphatic hydroxyl groups excluding tert-OH is 1. The standard InChI is InChI=1S/C13H20OS/c1-3-11(4-2)10-15-13-7-5-6-12(8-13)9-14/h5-8,11,14H,3-4,9-10H2,1-2H3. The van der Waals surface area contributed by atoms with E-state index in [0.29, 0.717) is 0 Å². The average Bonchev–Trinajstić information content (AvgIpc) is 2.31. The summed E-state index contributed by atoms with van der Waals surface area (Å²) in [5.74, 6) is 2.00. The summed E-state index contributed by atoms with van der Waals surface area (Å²) in [4.78, 5) is 1.27. The molecule has 2 heteroatoms. The molecule has 1 rings (SSSR count). The van der Waals surface area contributed by atoms with E-state index >= 15 is 0 Å². The Bertz CT molecular complexity index is 282. The van der Waals surface area contributed by atoms with Gasteiger partial charge < -0.3 is 5.11 Å². The van der Waals surface area contributed by atoms with Crippen LogP contribution in [-0.2, 0) is 6.61 Å². The second kappa shape index (κ2) is 6.91. The number of aliphatic hydroxyl groups is 1. The van der Waals surface area contributed by atoms with Crippen molar-refractivity contribution in [3.05, 3.63) is 29.8 Å². The Morgan fingerprint density at radius 3 is 2.60 bits per heavy atom. The van der Waals surface area contributed by atoms with Gasteiger partial charge in [0.1, 0.15) is 0 Å². The molecule has 0 aliphatic rings. The highest BCUT2D eigenvalue weighted by Crippen LogP contribution is 2.24. The van der Waals surface area contributed by atoms with E-state index in [0.717, 1.165) is 11.5 Å². The van der Waals surface area contributed by atoms with Gasteiger partial charge in [-0.05, 0) is 23.6 Å². The molecule has 1 nitrogen and oxygen atoms in total. The van der Waals surface area contributed by atoms with E-state index in [2.05, 4.69) is 26.0 Å². The van der Waals surface area contributed by atoms with Crippen molar-refractivity contribution in [3.63, 3.8) is 0 Å². The minimum absolute atomic E-state index is 0.138. The normalized spacial score (nSPS) is 10.9. The predicted octanol–water partition coefficient (Wildman–Crippen LogP) is 3.71. The average molecular weight is 224 g/mol. The minimum atomic E-state index is 0.138. The Balaban J connectivity index is 2.49. The van der Waals surface area contributed by atoms with E-state index in [1.54, 1.807) is 0 Å². The predicted molar refractivity (Wildman–Crippen MR) is 67.2 cm³/mol. The second-order valence-electron chi connectivity index (χ2n) is 3.80. The number of hydrogen-bond donors (Lipinski definition) is 1. The zero-order valence-electron chi connectivity index (χ0n) is 9.57. The zero-order valence-corrected chi connectivity index (χ0v) is 10.4. The van der Waals surface area contributed by atoms with Crippen molar-refractivity contribution in [3.8, 4) is 0 Å². The molecule has 1 N–H and O–H groups in total. The quantitative estimate of drug-likeness (QED) is 0.743. The van der Waals surface area contributed by atoms with E-state index in [1.807, 2.05) is 23.9 Å². The zero-order chi connectivity index (χ0) is 11.1. The largest absolute Gasteiger partial charge is 0.392 e. The maximum atomic E-state index is 9.02. The van der Waals surface area contributed by atoms with E-state index in [9.17, 15) is 0 Å². The summed E-state index contributed by atoms with van der Waals surface area (Å²) in [5.41, 5.74) is 1.00. The SMILES string of the molecule is CCC(CC)CSc1cccc(CO)c1. The van der Waals surface area contributed by atoms with Crippen molar-refractivity contribution in [1.29, 1.82) is 0 Å². The van der Waals surface area contributed by atoms with Crippen LogP contribution in [0.25, 0.3) is 0 Å². The molecule has 0 aliphatic heterocycles. The first kappa shape index (κ1) is 12.6. The van der Waals surface area contributed by atoms with E-state index in [1.165, 1.54) is 23.5 Å². The lowest BCUT2D eigenvalue weighted by Crippen LogP contribution is -1.99. The van der Waals surface area contributed by atoms with Gasteiger partial charge in [0, 0.05) is 10.6 Å². The van der Waals surface area contributed by atoms with E-state index in [-0.39, 0.29) is 6.61 Å². The van der Waals surface area contributed by atoms with Crippen LogP contribution >= 0.6 is 11.8 Å². The van der Waals surface area contributed by atoms with Crippen LogP contribution in [0.3, 0.4) is 0 Å². The van der Waals surface area contributed by atoms with Gasteiger partial charge in [-0.2, -0.15) is 0 Å². The third-order valence-electron chi connectivity index (χ3n) is 2.72. The summed E-state index contributed by atoms with van der Waals surface area (Å²) in [7, 11) is 0. The van der Waals surface area contributed by atoms with Crippen LogP contribution in [0.2, 0.25) is 0 Å². The van der Waals surface area contributed by atoms with Crippen molar-refractivity contribution in [2.75, 3.05) is 5.75 Å². The van der Waals surface area contributed by atoms with Crippen LogP contribution in [0, 0.1) is 5.92 Å². The van der Waals surface area contributed by atoms with Gasteiger partial charge in [-0.3, -0.25) is 0 Å². The van der Waals surface area contributed by atoms with Gasteiger partial charge in [-0.25, -0.2) is 0 Å². The van der Waals surface area contributed by atoms with Gasteiger partial charge in [0.2, 0.25) is 0 Å². The third-order valence-corrected chi connectivity index (χ3v) is 3.95. The molecule has 0 amide bonds. The lowest BCUT2D eigenvalue weighted by atomic mass is 10.1. The first-order valence-electron chi connectivity index (χ1n) is 5.62. The monoisotopic (exact) mass is 224 g/mol. The highest BCUT2D eigenvalue weighted by atomic mass is 32.2. The molecule has 0 unspecified atom stereocenters. The van der Waals surface area contributed by atoms with Crippen LogP contribution in [0.15, 0.2) is 29.2 Å². The summed E-state index contributed by atoms with van der Waals surface area (Å²) in [6.45, 7) is 4.64. The summed E-state index contributed by atoms with van der Waals surface area (Å²) >= 11 is 1.90. The molecular weight excluding hydrogens is 204 g/mol. The Morgan fingerprint density at radius 2 is 2.00 bits per heavy atom. The lowest BCUT2D eigenvalue weighted by Gasteiger charge is -2.11. The molecule has 0 radical (unpaired) electrons. The number of rotatable bonds is 6. The molecule has 1 aromatic carbocycles. The lowest BCUT2D eigenvalue weighted by molar-refractivity contribution is 0.281. The van der Waals surface area contributed by atoms with Crippen LogP contribution in [0.1, 0.15) is 32.3 Å². The molecule has 0 fully saturated rings. The molecule has 0 bridgehead atoms. The molecule has 0 saturated carbocycles. The highest BCUT2D eigenvalue weighted by molar-refractivity contribution is 7.99. The molecule has 0 aromatic heterocycles. The number of thioether (sulfide) groups is 1. The molecular formula is C13H20OS. The van der Waals surface area contributed by atoms with Crippen LogP contribution < -0.4 is 0 Å². The first-order valence-corrected chi connectivity index (χ1v) is 6.61. The summed E-state index contributed by atoms with van der Waals surface area (Å²) in [6.07, 6.45) is 2.51. The van der Waals surface area contributed by atoms with Gasteiger partial charge in [0.05, 0.1) is 6.61 Å². The van der Waals surface area contributed by atoms with E-state index < -0.39 is 0 Å². The summed E-state index contributed by atoms with van der Waals surface area (Å²) in [6, 6.07) is 8.17. The van der Waals surface area contributed by atoms with Crippen molar-refractivity contribution in [2.24, 2.45) is 5.92 Å². The van der Waals surface area contributed by atoms with Gasteiger partial charge in [0.25, 0.3) is 0 Å². The number of hydrogen-bond acceptors (Lipinski definition) is 2. The molecule has 0 aliphatic carbocycles.